The molecule has 0 atom stereocenters. The van der Waals surface area contributed by atoms with Gasteiger partial charge < -0.3 is 10.6 Å². The summed E-state index contributed by atoms with van der Waals surface area (Å²) in [6.07, 6.45) is 5.94. The van der Waals surface area contributed by atoms with Crippen LogP contribution in [-0.4, -0.2) is 45.4 Å². The Morgan fingerprint density at radius 3 is 2.74 bits per heavy atom. The molecule has 7 nitrogen and oxygen atoms in total. The van der Waals surface area contributed by atoms with E-state index in [9.17, 15) is 9.59 Å². The lowest BCUT2D eigenvalue weighted by Crippen LogP contribution is -2.53. The lowest BCUT2D eigenvalue weighted by Gasteiger charge is -2.31. The van der Waals surface area contributed by atoms with Crippen LogP contribution in [0.25, 0.3) is 0 Å². The van der Waals surface area contributed by atoms with Crippen molar-refractivity contribution >= 4 is 11.9 Å². The summed E-state index contributed by atoms with van der Waals surface area (Å²) in [5, 5.41) is 6.03. The molecule has 0 aliphatic carbocycles. The van der Waals surface area contributed by atoms with E-state index in [0.717, 1.165) is 13.1 Å². The van der Waals surface area contributed by atoms with Crippen molar-refractivity contribution in [3.63, 3.8) is 0 Å². The second-order valence-corrected chi connectivity index (χ2v) is 4.85. The van der Waals surface area contributed by atoms with Gasteiger partial charge in [0.25, 0.3) is 5.91 Å². The third-order valence-electron chi connectivity index (χ3n) is 3.64. The molecule has 19 heavy (non-hydrogen) atoms. The molecule has 1 aromatic heterocycles. The molecular formula is C12H15N5O2. The van der Waals surface area contributed by atoms with E-state index in [1.54, 1.807) is 18.6 Å². The zero-order valence-electron chi connectivity index (χ0n) is 10.4. The van der Waals surface area contributed by atoms with Crippen LogP contribution in [0.2, 0.25) is 0 Å². The van der Waals surface area contributed by atoms with E-state index >= 15 is 0 Å². The van der Waals surface area contributed by atoms with Gasteiger partial charge in [-0.3, -0.25) is 19.7 Å². The smallest absolute Gasteiger partial charge is 0.323 e. The number of hydrogen-bond acceptors (Lipinski definition) is 5. The van der Waals surface area contributed by atoms with E-state index in [2.05, 4.69) is 20.6 Å². The molecule has 7 heteroatoms. The fraction of sp³-hybridized carbons (Fsp3) is 0.500. The van der Waals surface area contributed by atoms with Crippen LogP contribution in [0.4, 0.5) is 4.79 Å². The minimum atomic E-state index is -0.718. The van der Waals surface area contributed by atoms with Crippen LogP contribution in [0.15, 0.2) is 18.6 Å². The van der Waals surface area contributed by atoms with E-state index in [4.69, 9.17) is 0 Å². The van der Waals surface area contributed by atoms with Gasteiger partial charge in [-0.25, -0.2) is 4.79 Å². The van der Waals surface area contributed by atoms with Crippen molar-refractivity contribution in [2.24, 2.45) is 0 Å². The van der Waals surface area contributed by atoms with Crippen molar-refractivity contribution in [2.45, 2.75) is 24.9 Å². The van der Waals surface area contributed by atoms with E-state index in [1.807, 2.05) is 0 Å². The first-order chi connectivity index (χ1) is 9.21. The van der Waals surface area contributed by atoms with Crippen LogP contribution in [0.1, 0.15) is 18.5 Å². The first-order valence-electron chi connectivity index (χ1n) is 6.31. The first-order valence-corrected chi connectivity index (χ1v) is 6.31. The van der Waals surface area contributed by atoms with Crippen LogP contribution in [0.5, 0.6) is 0 Å². The SMILES string of the molecule is O=C1NC2(CCNCC2)C(=O)N1Cc1cnccn1. The first kappa shape index (κ1) is 12.0. The normalized spacial score (nSPS) is 21.8. The molecule has 0 aromatic carbocycles. The van der Waals surface area contributed by atoms with Gasteiger partial charge in [0.2, 0.25) is 0 Å². The Balaban J connectivity index is 1.79. The van der Waals surface area contributed by atoms with Crippen LogP contribution in [0.3, 0.4) is 0 Å². The molecule has 2 aliphatic rings. The minimum absolute atomic E-state index is 0.148. The number of rotatable bonds is 2. The second-order valence-electron chi connectivity index (χ2n) is 4.85. The predicted molar refractivity (Wildman–Crippen MR) is 65.9 cm³/mol. The number of imide groups is 1. The van der Waals surface area contributed by atoms with Crippen molar-refractivity contribution in [3.8, 4) is 0 Å². The molecule has 0 bridgehead atoms. The fourth-order valence-electron chi connectivity index (χ4n) is 2.59. The monoisotopic (exact) mass is 261 g/mol. The summed E-state index contributed by atoms with van der Waals surface area (Å²) in [4.78, 5) is 33.7. The molecule has 1 spiro atoms. The Labute approximate surface area is 110 Å². The van der Waals surface area contributed by atoms with Gasteiger partial charge in [-0.1, -0.05) is 0 Å². The number of nitrogens with one attached hydrogen (secondary N) is 2. The average molecular weight is 261 g/mol. The second kappa shape index (κ2) is 4.58. The van der Waals surface area contributed by atoms with Gasteiger partial charge in [-0.2, -0.15) is 0 Å². The molecule has 0 saturated carbocycles. The molecule has 0 unspecified atom stereocenters. The van der Waals surface area contributed by atoms with E-state index in [1.165, 1.54) is 4.90 Å². The molecule has 0 radical (unpaired) electrons. The van der Waals surface area contributed by atoms with Crippen molar-refractivity contribution in [2.75, 3.05) is 13.1 Å². The number of carbonyl (C=O) groups is 2. The van der Waals surface area contributed by atoms with Crippen molar-refractivity contribution < 1.29 is 9.59 Å². The van der Waals surface area contributed by atoms with Gasteiger partial charge in [0.15, 0.2) is 0 Å². The largest absolute Gasteiger partial charge is 0.325 e. The highest BCUT2D eigenvalue weighted by atomic mass is 16.2. The topological polar surface area (TPSA) is 87.2 Å². The molecular weight excluding hydrogens is 246 g/mol. The van der Waals surface area contributed by atoms with Gasteiger partial charge in [-0.15, -0.1) is 0 Å². The molecule has 1 aromatic rings. The maximum Gasteiger partial charge on any atom is 0.325 e. The Kier molecular flexibility index (Phi) is 2.90. The van der Waals surface area contributed by atoms with Crippen LogP contribution >= 0.6 is 0 Å². The zero-order chi connectivity index (χ0) is 13.3. The predicted octanol–water partition coefficient (Wildman–Crippen LogP) is -0.349. The molecule has 100 valence electrons. The third kappa shape index (κ3) is 2.06. The van der Waals surface area contributed by atoms with E-state index in [-0.39, 0.29) is 18.5 Å². The molecule has 2 aliphatic heterocycles. The van der Waals surface area contributed by atoms with Crippen LogP contribution in [0, 0.1) is 0 Å². The molecule has 2 saturated heterocycles. The summed E-state index contributed by atoms with van der Waals surface area (Å²) >= 11 is 0. The molecule has 3 heterocycles. The molecule has 3 rings (SSSR count). The Hall–Kier alpha value is -2.02. The summed E-state index contributed by atoms with van der Waals surface area (Å²) in [5.74, 6) is -0.148. The number of carbonyl (C=O) groups excluding carboxylic acids is 2. The summed E-state index contributed by atoms with van der Waals surface area (Å²) in [6, 6.07) is -0.336. The molecule has 3 amide bonds. The Morgan fingerprint density at radius 2 is 2.05 bits per heavy atom. The number of amides is 3. The lowest BCUT2D eigenvalue weighted by atomic mass is 9.88. The maximum atomic E-state index is 12.5. The summed E-state index contributed by atoms with van der Waals surface area (Å²) in [5.41, 5.74) is -0.109. The average Bonchev–Trinajstić information content (AvgIpc) is 2.66. The maximum absolute atomic E-state index is 12.5. The lowest BCUT2D eigenvalue weighted by molar-refractivity contribution is -0.132. The van der Waals surface area contributed by atoms with Gasteiger partial charge >= 0.3 is 6.03 Å². The van der Waals surface area contributed by atoms with Gasteiger partial charge in [-0.05, 0) is 25.9 Å². The highest BCUT2D eigenvalue weighted by molar-refractivity contribution is 6.07. The van der Waals surface area contributed by atoms with Crippen molar-refractivity contribution in [3.05, 3.63) is 24.3 Å². The third-order valence-corrected chi connectivity index (χ3v) is 3.64. The number of nitrogens with zero attached hydrogens (tertiary/aromatic N) is 3. The molecule has 2 N–H and O–H groups in total. The fourth-order valence-corrected chi connectivity index (χ4v) is 2.59. The van der Waals surface area contributed by atoms with Gasteiger partial charge in [0, 0.05) is 12.4 Å². The van der Waals surface area contributed by atoms with Crippen LogP contribution in [-0.2, 0) is 11.3 Å². The van der Waals surface area contributed by atoms with Crippen molar-refractivity contribution in [1.29, 1.82) is 0 Å². The van der Waals surface area contributed by atoms with Crippen molar-refractivity contribution in [1.82, 2.24) is 25.5 Å². The zero-order valence-corrected chi connectivity index (χ0v) is 10.4. The quantitative estimate of drug-likeness (QED) is 0.711. The van der Waals surface area contributed by atoms with E-state index in [0.29, 0.717) is 18.5 Å². The van der Waals surface area contributed by atoms with Gasteiger partial charge in [0.05, 0.1) is 18.4 Å². The number of urea groups is 1. The number of aromatic nitrogens is 2. The highest BCUT2D eigenvalue weighted by Crippen LogP contribution is 2.27. The Morgan fingerprint density at radius 1 is 1.26 bits per heavy atom. The van der Waals surface area contributed by atoms with Gasteiger partial charge in [0.1, 0.15) is 5.54 Å². The summed E-state index contributed by atoms with van der Waals surface area (Å²) in [6.45, 7) is 1.66. The Bertz CT molecular complexity index is 498. The minimum Gasteiger partial charge on any atom is -0.323 e. The number of piperidine rings is 1. The summed E-state index contributed by atoms with van der Waals surface area (Å²) < 4.78 is 0. The van der Waals surface area contributed by atoms with Crippen LogP contribution < -0.4 is 10.6 Å². The summed E-state index contributed by atoms with van der Waals surface area (Å²) in [7, 11) is 0. The standard InChI is InChI=1S/C12H15N5O2/c18-10-12(1-3-13-4-2-12)16-11(19)17(10)8-9-7-14-5-6-15-9/h5-7,13H,1-4,8H2,(H,16,19). The molecule has 2 fully saturated rings. The van der Waals surface area contributed by atoms with E-state index < -0.39 is 5.54 Å². The highest BCUT2D eigenvalue weighted by Gasteiger charge is 2.51. The number of hydrogen-bond donors (Lipinski definition) is 2.